The molecule has 24 heavy (non-hydrogen) atoms. The predicted molar refractivity (Wildman–Crippen MR) is 93.0 cm³/mol. The number of carbonyl (C=O) groups is 1. The Kier molecular flexibility index (Phi) is 5.54. The number of rotatable bonds is 5. The van der Waals surface area contributed by atoms with Gasteiger partial charge in [0.2, 0.25) is 5.91 Å². The lowest BCUT2D eigenvalue weighted by atomic mass is 10.0. The number of nitrogens with one attached hydrogen (secondary N) is 1. The van der Waals surface area contributed by atoms with Crippen LogP contribution in [0.25, 0.3) is 0 Å². The lowest BCUT2D eigenvalue weighted by Gasteiger charge is -2.34. The van der Waals surface area contributed by atoms with Gasteiger partial charge in [-0.2, -0.15) is 0 Å². The van der Waals surface area contributed by atoms with Crippen LogP contribution < -0.4 is 5.32 Å². The van der Waals surface area contributed by atoms with E-state index in [4.69, 9.17) is 9.84 Å². The van der Waals surface area contributed by atoms with Crippen molar-refractivity contribution in [2.24, 2.45) is 0 Å². The second-order valence-electron chi connectivity index (χ2n) is 7.18. The monoisotopic (exact) mass is 332 g/mol. The SMILES string of the molecule is Cc1ccc(C)c(CC(=O)N[C@H]2C[C@H]3CO[C@@H](CCO)CN3C2)c1. The molecule has 5 heteroatoms. The van der Waals surface area contributed by atoms with Crippen LogP contribution in [0.5, 0.6) is 0 Å². The van der Waals surface area contributed by atoms with Crippen LogP contribution in [-0.2, 0) is 16.0 Å². The minimum atomic E-state index is 0.0985. The van der Waals surface area contributed by atoms with Crippen molar-refractivity contribution in [1.82, 2.24) is 10.2 Å². The third kappa shape index (κ3) is 4.15. The van der Waals surface area contributed by atoms with Crippen LogP contribution in [0.2, 0.25) is 0 Å². The third-order valence-electron chi connectivity index (χ3n) is 5.16. The van der Waals surface area contributed by atoms with Crippen molar-refractivity contribution in [3.05, 3.63) is 34.9 Å². The first-order valence-electron chi connectivity index (χ1n) is 8.87. The van der Waals surface area contributed by atoms with E-state index in [0.717, 1.165) is 25.1 Å². The van der Waals surface area contributed by atoms with E-state index in [9.17, 15) is 4.79 Å². The molecule has 1 aromatic rings. The van der Waals surface area contributed by atoms with E-state index in [1.54, 1.807) is 0 Å². The fraction of sp³-hybridized carbons (Fsp3) is 0.632. The summed E-state index contributed by atoms with van der Waals surface area (Å²) in [6.07, 6.45) is 2.20. The van der Waals surface area contributed by atoms with Crippen molar-refractivity contribution in [2.45, 2.75) is 51.3 Å². The fourth-order valence-electron chi connectivity index (χ4n) is 3.81. The number of fused-ring (bicyclic) bond motifs is 1. The van der Waals surface area contributed by atoms with Crippen LogP contribution in [0.1, 0.15) is 29.5 Å². The van der Waals surface area contributed by atoms with Crippen molar-refractivity contribution >= 4 is 5.91 Å². The lowest BCUT2D eigenvalue weighted by molar-refractivity contribution is -0.121. The number of amides is 1. The highest BCUT2D eigenvalue weighted by molar-refractivity contribution is 5.79. The Morgan fingerprint density at radius 2 is 2.21 bits per heavy atom. The Bertz CT molecular complexity index is 590. The van der Waals surface area contributed by atoms with Gasteiger partial charge in [-0.05, 0) is 37.8 Å². The van der Waals surface area contributed by atoms with Gasteiger partial charge in [-0.25, -0.2) is 0 Å². The Hall–Kier alpha value is -1.43. The molecule has 0 aromatic heterocycles. The molecule has 0 aliphatic carbocycles. The predicted octanol–water partition coefficient (Wildman–Crippen LogP) is 1.19. The maximum absolute atomic E-state index is 12.4. The van der Waals surface area contributed by atoms with Crippen LogP contribution in [0.15, 0.2) is 18.2 Å². The maximum atomic E-state index is 12.4. The van der Waals surface area contributed by atoms with Crippen LogP contribution in [0.3, 0.4) is 0 Å². The largest absolute Gasteiger partial charge is 0.396 e. The van der Waals surface area contributed by atoms with Crippen molar-refractivity contribution in [3.8, 4) is 0 Å². The Labute approximate surface area is 144 Å². The van der Waals surface area contributed by atoms with Gasteiger partial charge in [-0.3, -0.25) is 9.69 Å². The summed E-state index contributed by atoms with van der Waals surface area (Å²) in [6, 6.07) is 6.84. The molecule has 2 fully saturated rings. The molecule has 2 N–H and O–H groups in total. The first kappa shape index (κ1) is 17.4. The second kappa shape index (κ2) is 7.64. The average molecular weight is 332 g/mol. The minimum absolute atomic E-state index is 0.0985. The summed E-state index contributed by atoms with van der Waals surface area (Å²) in [6.45, 7) is 6.71. The van der Waals surface area contributed by atoms with Gasteiger partial charge in [0.25, 0.3) is 0 Å². The minimum Gasteiger partial charge on any atom is -0.396 e. The van der Waals surface area contributed by atoms with E-state index in [1.807, 2.05) is 0 Å². The lowest BCUT2D eigenvalue weighted by Crippen LogP contribution is -2.46. The molecular formula is C19H28N2O3. The molecule has 1 aromatic carbocycles. The van der Waals surface area contributed by atoms with Crippen molar-refractivity contribution in [1.29, 1.82) is 0 Å². The highest BCUT2D eigenvalue weighted by Gasteiger charge is 2.37. The smallest absolute Gasteiger partial charge is 0.224 e. The van der Waals surface area contributed by atoms with E-state index in [0.29, 0.717) is 25.5 Å². The van der Waals surface area contributed by atoms with Crippen molar-refractivity contribution in [3.63, 3.8) is 0 Å². The highest BCUT2D eigenvalue weighted by Crippen LogP contribution is 2.24. The number of aryl methyl sites for hydroxylation is 2. The molecule has 2 heterocycles. The van der Waals surface area contributed by atoms with E-state index < -0.39 is 0 Å². The molecule has 2 aliphatic heterocycles. The first-order chi connectivity index (χ1) is 11.5. The summed E-state index contributed by atoms with van der Waals surface area (Å²) >= 11 is 0. The quantitative estimate of drug-likeness (QED) is 0.850. The topological polar surface area (TPSA) is 61.8 Å². The average Bonchev–Trinajstić information content (AvgIpc) is 2.92. The molecule has 0 saturated carbocycles. The summed E-state index contributed by atoms with van der Waals surface area (Å²) in [5.41, 5.74) is 3.46. The number of hydrogen-bond acceptors (Lipinski definition) is 4. The van der Waals surface area contributed by atoms with Crippen LogP contribution in [0.4, 0.5) is 0 Å². The third-order valence-corrected chi connectivity index (χ3v) is 5.16. The van der Waals surface area contributed by atoms with E-state index >= 15 is 0 Å². The number of aliphatic hydroxyl groups excluding tert-OH is 1. The first-order valence-corrected chi connectivity index (χ1v) is 8.87. The van der Waals surface area contributed by atoms with Gasteiger partial charge in [0.15, 0.2) is 0 Å². The summed E-state index contributed by atoms with van der Waals surface area (Å²) in [5.74, 6) is 0.0985. The molecule has 2 aliphatic rings. The number of aliphatic hydroxyl groups is 1. The zero-order valence-corrected chi connectivity index (χ0v) is 14.6. The summed E-state index contributed by atoms with van der Waals surface area (Å²) in [5, 5.41) is 12.2. The van der Waals surface area contributed by atoms with Gasteiger partial charge in [0, 0.05) is 31.8 Å². The van der Waals surface area contributed by atoms with Crippen LogP contribution >= 0.6 is 0 Å². The summed E-state index contributed by atoms with van der Waals surface area (Å²) in [7, 11) is 0. The molecule has 0 radical (unpaired) electrons. The van der Waals surface area contributed by atoms with Gasteiger partial charge in [-0.1, -0.05) is 23.8 Å². The number of nitrogens with zero attached hydrogens (tertiary/aromatic N) is 1. The molecular weight excluding hydrogens is 304 g/mol. The standard InChI is InChI=1S/C19H28N2O3/c1-13-3-4-14(2)15(7-13)8-19(23)20-16-9-17-12-24-18(5-6-22)11-21(17)10-16/h3-4,7,16-18,22H,5-6,8-12H2,1-2H3,(H,20,23)/t16-,17-,18-/m0/s1. The zero-order valence-electron chi connectivity index (χ0n) is 14.6. The van der Waals surface area contributed by atoms with E-state index in [2.05, 4.69) is 42.3 Å². The van der Waals surface area contributed by atoms with Gasteiger partial charge >= 0.3 is 0 Å². The number of hydrogen-bond donors (Lipinski definition) is 2. The van der Waals surface area contributed by atoms with Gasteiger partial charge < -0.3 is 15.2 Å². The van der Waals surface area contributed by atoms with E-state index in [-0.39, 0.29) is 24.7 Å². The number of ether oxygens (including phenoxy) is 1. The molecule has 0 bridgehead atoms. The molecule has 132 valence electrons. The molecule has 3 atom stereocenters. The summed E-state index contributed by atoms with van der Waals surface area (Å²) < 4.78 is 5.80. The van der Waals surface area contributed by atoms with Crippen molar-refractivity contribution in [2.75, 3.05) is 26.3 Å². The Morgan fingerprint density at radius 3 is 3.00 bits per heavy atom. The van der Waals surface area contributed by atoms with E-state index in [1.165, 1.54) is 11.1 Å². The zero-order chi connectivity index (χ0) is 17.1. The highest BCUT2D eigenvalue weighted by atomic mass is 16.5. The van der Waals surface area contributed by atoms with Crippen LogP contribution in [0, 0.1) is 13.8 Å². The second-order valence-corrected chi connectivity index (χ2v) is 7.18. The van der Waals surface area contributed by atoms with Gasteiger partial charge in [0.1, 0.15) is 0 Å². The number of carbonyl (C=O) groups excluding carboxylic acids is 1. The van der Waals surface area contributed by atoms with Crippen molar-refractivity contribution < 1.29 is 14.6 Å². The Balaban J connectivity index is 1.52. The fourth-order valence-corrected chi connectivity index (χ4v) is 3.81. The maximum Gasteiger partial charge on any atom is 0.224 e. The van der Waals surface area contributed by atoms with Gasteiger partial charge in [0.05, 0.1) is 19.1 Å². The Morgan fingerprint density at radius 1 is 1.38 bits per heavy atom. The van der Waals surface area contributed by atoms with Gasteiger partial charge in [-0.15, -0.1) is 0 Å². The molecule has 0 unspecified atom stereocenters. The molecule has 0 spiro atoms. The summed E-state index contributed by atoms with van der Waals surface area (Å²) in [4.78, 5) is 14.8. The molecule has 3 rings (SSSR count). The molecule has 5 nitrogen and oxygen atoms in total. The number of morpholine rings is 1. The normalized spacial score (nSPS) is 27.0. The molecule has 2 saturated heterocycles. The van der Waals surface area contributed by atoms with Crippen LogP contribution in [-0.4, -0.2) is 60.4 Å². The number of benzene rings is 1. The molecule has 1 amide bonds.